The standard InChI is InChI=1S/C20H10F6N4OS/c21-13-2-1-3-14(22)16(13)18(31)28-10-4-5-11(15(23)8-10)12-9-30(19-27-6-7-32-19)29-17(12)20(24,25)26/h1-9H,(H,28,31). The molecular weight excluding hydrogens is 458 g/mol. The highest BCUT2D eigenvalue weighted by atomic mass is 32.1. The maximum absolute atomic E-state index is 14.8. The minimum Gasteiger partial charge on any atom is -0.322 e. The zero-order valence-corrected chi connectivity index (χ0v) is 16.4. The van der Waals surface area contributed by atoms with Gasteiger partial charge in [-0.05, 0) is 30.3 Å². The highest BCUT2D eigenvalue weighted by Gasteiger charge is 2.38. The summed E-state index contributed by atoms with van der Waals surface area (Å²) >= 11 is 1.04. The van der Waals surface area contributed by atoms with Crippen LogP contribution in [-0.4, -0.2) is 20.7 Å². The predicted octanol–water partition coefficient (Wildman–Crippen LogP) is 5.68. The number of anilines is 1. The highest BCUT2D eigenvalue weighted by molar-refractivity contribution is 7.12. The maximum Gasteiger partial charge on any atom is 0.435 e. The second-order valence-corrected chi connectivity index (χ2v) is 7.27. The topological polar surface area (TPSA) is 59.8 Å². The van der Waals surface area contributed by atoms with E-state index in [-0.39, 0.29) is 10.8 Å². The summed E-state index contributed by atoms with van der Waals surface area (Å²) in [6, 6.07) is 5.67. The van der Waals surface area contributed by atoms with E-state index in [9.17, 15) is 31.1 Å². The SMILES string of the molecule is O=C(Nc1ccc(-c2cn(-c3nccs3)nc2C(F)(F)F)c(F)c1)c1c(F)cccc1F. The number of nitrogens with zero attached hydrogens (tertiary/aromatic N) is 3. The Morgan fingerprint density at radius 2 is 1.72 bits per heavy atom. The highest BCUT2D eigenvalue weighted by Crippen LogP contribution is 2.38. The molecule has 164 valence electrons. The third-order valence-electron chi connectivity index (χ3n) is 4.30. The van der Waals surface area contributed by atoms with Gasteiger partial charge in [0.15, 0.2) is 5.69 Å². The van der Waals surface area contributed by atoms with Gasteiger partial charge in [-0.15, -0.1) is 11.3 Å². The van der Waals surface area contributed by atoms with E-state index in [2.05, 4.69) is 15.4 Å². The molecule has 0 saturated carbocycles. The molecule has 12 heteroatoms. The second-order valence-electron chi connectivity index (χ2n) is 6.39. The third kappa shape index (κ3) is 4.08. The Bertz CT molecular complexity index is 1280. The van der Waals surface area contributed by atoms with Crippen molar-refractivity contribution in [3.8, 4) is 16.3 Å². The van der Waals surface area contributed by atoms with Crippen molar-refractivity contribution >= 4 is 22.9 Å². The Kier molecular flexibility index (Phi) is 5.46. The molecule has 0 atom stereocenters. The van der Waals surface area contributed by atoms with Crippen molar-refractivity contribution in [1.29, 1.82) is 0 Å². The number of halogens is 6. The van der Waals surface area contributed by atoms with E-state index in [1.165, 1.54) is 6.20 Å². The van der Waals surface area contributed by atoms with Gasteiger partial charge >= 0.3 is 6.18 Å². The number of nitrogens with one attached hydrogen (secondary N) is 1. The van der Waals surface area contributed by atoms with Gasteiger partial charge < -0.3 is 5.32 Å². The molecule has 0 unspecified atom stereocenters. The average molecular weight is 468 g/mol. The molecule has 0 radical (unpaired) electrons. The molecule has 0 aliphatic heterocycles. The second kappa shape index (κ2) is 8.11. The van der Waals surface area contributed by atoms with Crippen molar-refractivity contribution in [2.24, 2.45) is 0 Å². The lowest BCUT2D eigenvalue weighted by Crippen LogP contribution is -2.16. The number of carbonyl (C=O) groups excluding carboxylic acids is 1. The number of hydrogen-bond donors (Lipinski definition) is 1. The van der Waals surface area contributed by atoms with Crippen LogP contribution in [0, 0.1) is 17.5 Å². The number of aromatic nitrogens is 3. The average Bonchev–Trinajstić information content (AvgIpc) is 3.37. The molecule has 5 nitrogen and oxygen atoms in total. The zero-order valence-electron chi connectivity index (χ0n) is 15.6. The lowest BCUT2D eigenvalue weighted by molar-refractivity contribution is -0.140. The molecule has 0 aliphatic carbocycles. The molecule has 4 rings (SSSR count). The number of amides is 1. The number of rotatable bonds is 4. The summed E-state index contributed by atoms with van der Waals surface area (Å²) in [5.74, 6) is -4.53. The van der Waals surface area contributed by atoms with Crippen LogP contribution in [0.15, 0.2) is 54.2 Å². The van der Waals surface area contributed by atoms with Gasteiger partial charge in [0.25, 0.3) is 5.91 Å². The van der Waals surface area contributed by atoms with Crippen LogP contribution in [0.2, 0.25) is 0 Å². The largest absolute Gasteiger partial charge is 0.435 e. The molecule has 0 saturated heterocycles. The lowest BCUT2D eigenvalue weighted by Gasteiger charge is -2.10. The first-order valence-corrected chi connectivity index (χ1v) is 9.65. The number of thiazole rings is 1. The van der Waals surface area contributed by atoms with Crippen LogP contribution < -0.4 is 5.32 Å². The number of benzene rings is 2. The van der Waals surface area contributed by atoms with Crippen molar-refractivity contribution in [2.75, 3.05) is 5.32 Å². The van der Waals surface area contributed by atoms with Crippen molar-refractivity contribution in [2.45, 2.75) is 6.18 Å². The van der Waals surface area contributed by atoms with Gasteiger partial charge in [-0.2, -0.15) is 18.3 Å². The fourth-order valence-electron chi connectivity index (χ4n) is 2.93. The first-order valence-electron chi connectivity index (χ1n) is 8.77. The van der Waals surface area contributed by atoms with Crippen LogP contribution in [0.5, 0.6) is 0 Å². The van der Waals surface area contributed by atoms with Crippen LogP contribution in [0.1, 0.15) is 16.1 Å². The first kappa shape index (κ1) is 21.6. The number of alkyl halides is 3. The van der Waals surface area contributed by atoms with E-state index in [1.54, 1.807) is 5.38 Å². The molecule has 32 heavy (non-hydrogen) atoms. The molecule has 0 bridgehead atoms. The van der Waals surface area contributed by atoms with E-state index in [0.717, 1.165) is 58.6 Å². The van der Waals surface area contributed by atoms with E-state index in [4.69, 9.17) is 0 Å². The third-order valence-corrected chi connectivity index (χ3v) is 5.07. The van der Waals surface area contributed by atoms with Crippen molar-refractivity contribution < 1.29 is 31.1 Å². The minimum absolute atomic E-state index is 0.151. The van der Waals surface area contributed by atoms with Crippen LogP contribution >= 0.6 is 11.3 Å². The summed E-state index contributed by atoms with van der Waals surface area (Å²) in [5.41, 5.74) is -3.38. The van der Waals surface area contributed by atoms with Gasteiger partial charge in [-0.25, -0.2) is 22.8 Å². The van der Waals surface area contributed by atoms with Crippen LogP contribution in [0.3, 0.4) is 0 Å². The maximum atomic E-state index is 14.8. The van der Waals surface area contributed by atoms with Gasteiger partial charge in [0, 0.05) is 34.6 Å². The summed E-state index contributed by atoms with van der Waals surface area (Å²) < 4.78 is 83.6. The van der Waals surface area contributed by atoms with E-state index in [0.29, 0.717) is 0 Å². The fourth-order valence-corrected chi connectivity index (χ4v) is 3.49. The van der Waals surface area contributed by atoms with Crippen molar-refractivity contribution in [3.05, 3.63) is 82.9 Å². The normalized spacial score (nSPS) is 11.6. The Hall–Kier alpha value is -3.67. The smallest absolute Gasteiger partial charge is 0.322 e. The van der Waals surface area contributed by atoms with Gasteiger partial charge in [0.1, 0.15) is 23.0 Å². The van der Waals surface area contributed by atoms with Crippen LogP contribution in [-0.2, 0) is 6.18 Å². The lowest BCUT2D eigenvalue weighted by atomic mass is 10.0. The Morgan fingerprint density at radius 3 is 2.31 bits per heavy atom. The summed E-state index contributed by atoms with van der Waals surface area (Å²) in [7, 11) is 0. The monoisotopic (exact) mass is 468 g/mol. The summed E-state index contributed by atoms with van der Waals surface area (Å²) in [6.45, 7) is 0. The van der Waals surface area contributed by atoms with Gasteiger partial charge in [-0.1, -0.05) is 6.07 Å². The number of carbonyl (C=O) groups is 1. The van der Waals surface area contributed by atoms with Gasteiger partial charge in [0.2, 0.25) is 5.13 Å². The molecule has 2 heterocycles. The predicted molar refractivity (Wildman–Crippen MR) is 104 cm³/mol. The Balaban J connectivity index is 1.69. The molecule has 2 aromatic carbocycles. The Morgan fingerprint density at radius 1 is 1.00 bits per heavy atom. The van der Waals surface area contributed by atoms with E-state index >= 15 is 0 Å². The van der Waals surface area contributed by atoms with Crippen molar-refractivity contribution in [1.82, 2.24) is 14.8 Å². The Labute approximate surface area is 180 Å². The molecule has 4 aromatic rings. The summed E-state index contributed by atoms with van der Waals surface area (Å²) in [6.07, 6.45) is -2.50. The molecule has 1 amide bonds. The van der Waals surface area contributed by atoms with Crippen LogP contribution in [0.4, 0.5) is 32.0 Å². The number of hydrogen-bond acceptors (Lipinski definition) is 4. The molecule has 0 aliphatic rings. The van der Waals surface area contributed by atoms with Gasteiger partial charge in [0.05, 0.1) is 0 Å². The molecular formula is C20H10F6N4OS. The molecule has 0 fully saturated rings. The van der Waals surface area contributed by atoms with Gasteiger partial charge in [-0.3, -0.25) is 4.79 Å². The molecule has 2 aromatic heterocycles. The van der Waals surface area contributed by atoms with E-state index in [1.807, 2.05) is 0 Å². The summed E-state index contributed by atoms with van der Waals surface area (Å²) in [5, 5.41) is 7.31. The fraction of sp³-hybridized carbons (Fsp3) is 0.0500. The first-order chi connectivity index (χ1) is 15.1. The molecule has 1 N–H and O–H groups in total. The minimum atomic E-state index is -4.88. The van der Waals surface area contributed by atoms with E-state index < -0.39 is 51.9 Å². The summed E-state index contributed by atoms with van der Waals surface area (Å²) in [4.78, 5) is 16.0. The quantitative estimate of drug-likeness (QED) is 0.392. The zero-order chi connectivity index (χ0) is 23.0. The van der Waals surface area contributed by atoms with Crippen molar-refractivity contribution in [3.63, 3.8) is 0 Å². The van der Waals surface area contributed by atoms with Crippen LogP contribution in [0.25, 0.3) is 16.3 Å². The molecule has 0 spiro atoms.